The number of phenolic OH excluding ortho intramolecular Hbond substituents is 1. The molecule has 0 atom stereocenters. The Morgan fingerprint density at radius 3 is 3.00 bits per heavy atom. The van der Waals surface area contributed by atoms with Crippen LogP contribution in [-0.2, 0) is 4.79 Å². The van der Waals surface area contributed by atoms with E-state index in [0.29, 0.717) is 11.8 Å². The predicted molar refractivity (Wildman–Crippen MR) is 50.7 cm³/mol. The van der Waals surface area contributed by atoms with Gasteiger partial charge in [-0.2, -0.15) is 0 Å². The van der Waals surface area contributed by atoms with Crippen LogP contribution in [-0.4, -0.2) is 11.4 Å². The Kier molecular flexibility index (Phi) is 3.36. The average Bonchev–Trinajstić information content (AvgIpc) is 2.13. The van der Waals surface area contributed by atoms with Crippen LogP contribution >= 0.6 is 11.6 Å². The molecule has 0 radical (unpaired) electrons. The highest BCUT2D eigenvalue weighted by Crippen LogP contribution is 2.25. The summed E-state index contributed by atoms with van der Waals surface area (Å²) in [6.07, 6.45) is 0.885. The van der Waals surface area contributed by atoms with Gasteiger partial charge in [0.2, 0.25) is 0 Å². The molecule has 0 spiro atoms. The molecule has 0 fully saturated rings. The quantitative estimate of drug-likeness (QED) is 0.548. The van der Waals surface area contributed by atoms with Gasteiger partial charge < -0.3 is 9.90 Å². The number of aromatic hydroxyl groups is 1. The summed E-state index contributed by atoms with van der Waals surface area (Å²) in [6, 6.07) is 4.80. The Bertz CT molecular complexity index is 374. The van der Waals surface area contributed by atoms with Crippen LogP contribution < -0.4 is 0 Å². The number of aldehydes is 1. The van der Waals surface area contributed by atoms with Gasteiger partial charge in [0.15, 0.2) is 0 Å². The maximum atomic E-state index is 9.96. The summed E-state index contributed by atoms with van der Waals surface area (Å²) >= 11 is 5.73. The van der Waals surface area contributed by atoms with Crippen LogP contribution in [0.5, 0.6) is 5.75 Å². The van der Waals surface area contributed by atoms with E-state index < -0.39 is 0 Å². The third kappa shape index (κ3) is 2.50. The number of halogens is 1. The normalized spacial score (nSPS) is 8.69. The van der Waals surface area contributed by atoms with Crippen molar-refractivity contribution in [3.05, 3.63) is 28.8 Å². The summed E-state index contributed by atoms with van der Waals surface area (Å²) in [5, 5.41) is 9.41. The fourth-order valence-corrected chi connectivity index (χ4v) is 0.977. The second kappa shape index (κ2) is 4.54. The minimum absolute atomic E-state index is 0.000398. The van der Waals surface area contributed by atoms with E-state index in [2.05, 4.69) is 11.8 Å². The van der Waals surface area contributed by atoms with Crippen molar-refractivity contribution < 1.29 is 9.90 Å². The van der Waals surface area contributed by atoms with Crippen LogP contribution in [0, 0.1) is 11.8 Å². The van der Waals surface area contributed by atoms with Gasteiger partial charge >= 0.3 is 0 Å². The second-order valence-electron chi connectivity index (χ2n) is 2.31. The van der Waals surface area contributed by atoms with Crippen LogP contribution in [0.15, 0.2) is 18.2 Å². The number of hydrogen-bond donors (Lipinski definition) is 1. The fourth-order valence-electron chi connectivity index (χ4n) is 0.804. The highest BCUT2D eigenvalue weighted by atomic mass is 35.5. The van der Waals surface area contributed by atoms with Gasteiger partial charge in [-0.1, -0.05) is 29.5 Å². The van der Waals surface area contributed by atoms with Gasteiger partial charge in [0, 0.05) is 5.56 Å². The first-order chi connectivity index (χ1) is 6.25. The molecule has 3 heteroatoms. The Labute approximate surface area is 81.1 Å². The maximum Gasteiger partial charge on any atom is 0.135 e. The molecule has 0 aliphatic heterocycles. The number of rotatable bonds is 1. The predicted octanol–water partition coefficient (Wildman–Crippen LogP) is 1.99. The van der Waals surface area contributed by atoms with E-state index in [1.54, 1.807) is 12.1 Å². The van der Waals surface area contributed by atoms with Crippen molar-refractivity contribution >= 4 is 17.9 Å². The lowest BCUT2D eigenvalue weighted by Crippen LogP contribution is -1.77. The summed E-state index contributed by atoms with van der Waals surface area (Å²) in [6.45, 7) is 0. The zero-order valence-electron chi connectivity index (χ0n) is 6.75. The van der Waals surface area contributed by atoms with E-state index in [9.17, 15) is 9.90 Å². The van der Waals surface area contributed by atoms with Gasteiger partial charge in [0.1, 0.15) is 12.0 Å². The van der Waals surface area contributed by atoms with Crippen LogP contribution in [0.2, 0.25) is 5.02 Å². The van der Waals surface area contributed by atoms with Crippen molar-refractivity contribution in [3.8, 4) is 17.6 Å². The SMILES string of the molecule is O=CCC#Cc1cccc(O)c1Cl. The highest BCUT2D eigenvalue weighted by molar-refractivity contribution is 6.33. The van der Waals surface area contributed by atoms with Gasteiger partial charge in [-0.25, -0.2) is 0 Å². The third-order valence-electron chi connectivity index (χ3n) is 1.39. The molecule has 0 aliphatic carbocycles. The van der Waals surface area contributed by atoms with Gasteiger partial charge in [-0.3, -0.25) is 0 Å². The molecule has 0 saturated carbocycles. The number of carbonyl (C=O) groups excluding carboxylic acids is 1. The minimum atomic E-state index is -0.000398. The topological polar surface area (TPSA) is 37.3 Å². The monoisotopic (exact) mass is 194 g/mol. The molecular formula is C10H7ClO2. The average molecular weight is 195 g/mol. The van der Waals surface area contributed by atoms with Crippen LogP contribution in [0.1, 0.15) is 12.0 Å². The van der Waals surface area contributed by atoms with Crippen LogP contribution in [0.3, 0.4) is 0 Å². The molecule has 0 aromatic heterocycles. The van der Waals surface area contributed by atoms with Crippen molar-refractivity contribution in [1.29, 1.82) is 0 Å². The largest absolute Gasteiger partial charge is 0.506 e. The molecule has 0 saturated heterocycles. The first kappa shape index (κ1) is 9.63. The van der Waals surface area contributed by atoms with E-state index in [1.165, 1.54) is 6.07 Å². The molecule has 13 heavy (non-hydrogen) atoms. The molecule has 1 rings (SSSR count). The molecule has 1 aromatic rings. The third-order valence-corrected chi connectivity index (χ3v) is 1.78. The zero-order valence-corrected chi connectivity index (χ0v) is 7.51. The molecule has 0 bridgehead atoms. The van der Waals surface area contributed by atoms with E-state index in [1.807, 2.05) is 0 Å². The number of carbonyl (C=O) groups is 1. The molecule has 0 amide bonds. The number of benzene rings is 1. The Morgan fingerprint density at radius 2 is 2.31 bits per heavy atom. The van der Waals surface area contributed by atoms with Gasteiger partial charge in [0.25, 0.3) is 0 Å². The highest BCUT2D eigenvalue weighted by Gasteiger charge is 2.00. The van der Waals surface area contributed by atoms with Crippen molar-refractivity contribution in [2.75, 3.05) is 0 Å². The van der Waals surface area contributed by atoms with Gasteiger partial charge in [0.05, 0.1) is 11.4 Å². The number of phenols is 1. The first-order valence-electron chi connectivity index (χ1n) is 3.65. The van der Waals surface area contributed by atoms with Crippen molar-refractivity contribution in [2.24, 2.45) is 0 Å². The van der Waals surface area contributed by atoms with E-state index in [4.69, 9.17) is 11.6 Å². The van der Waals surface area contributed by atoms with Crippen LogP contribution in [0.4, 0.5) is 0 Å². The molecule has 0 heterocycles. The molecule has 2 nitrogen and oxygen atoms in total. The minimum Gasteiger partial charge on any atom is -0.506 e. The smallest absolute Gasteiger partial charge is 0.135 e. The Hall–Kier alpha value is -1.46. The lowest BCUT2D eigenvalue weighted by atomic mass is 10.2. The van der Waals surface area contributed by atoms with Crippen LogP contribution in [0.25, 0.3) is 0 Å². The van der Waals surface area contributed by atoms with Crippen molar-refractivity contribution in [1.82, 2.24) is 0 Å². The summed E-state index contributed by atoms with van der Waals surface area (Å²) in [4.78, 5) is 9.96. The first-order valence-corrected chi connectivity index (χ1v) is 4.03. The molecule has 0 unspecified atom stereocenters. The lowest BCUT2D eigenvalue weighted by Gasteiger charge is -1.97. The lowest BCUT2D eigenvalue weighted by molar-refractivity contribution is -0.107. The molecule has 0 aliphatic rings. The summed E-state index contributed by atoms with van der Waals surface area (Å²) < 4.78 is 0. The zero-order chi connectivity index (χ0) is 9.68. The fraction of sp³-hybridized carbons (Fsp3) is 0.100. The van der Waals surface area contributed by atoms with Gasteiger partial charge in [-0.15, -0.1) is 0 Å². The van der Waals surface area contributed by atoms with E-state index in [-0.39, 0.29) is 17.2 Å². The summed E-state index contributed by atoms with van der Waals surface area (Å²) in [7, 11) is 0. The summed E-state index contributed by atoms with van der Waals surface area (Å²) in [5.41, 5.74) is 0.531. The standard InChI is InChI=1S/C10H7ClO2/c11-10-8(4-1-2-7-12)5-3-6-9(10)13/h3,5-7,13H,2H2. The molecule has 1 aromatic carbocycles. The number of hydrogen-bond acceptors (Lipinski definition) is 2. The summed E-state index contributed by atoms with van der Waals surface area (Å²) in [5.74, 6) is 5.29. The Morgan fingerprint density at radius 1 is 1.54 bits per heavy atom. The van der Waals surface area contributed by atoms with E-state index in [0.717, 1.165) is 0 Å². The Balaban J connectivity index is 2.97. The second-order valence-corrected chi connectivity index (χ2v) is 2.69. The molecular weight excluding hydrogens is 188 g/mol. The van der Waals surface area contributed by atoms with Gasteiger partial charge in [-0.05, 0) is 12.1 Å². The molecule has 66 valence electrons. The van der Waals surface area contributed by atoms with E-state index >= 15 is 0 Å². The molecule has 1 N–H and O–H groups in total. The van der Waals surface area contributed by atoms with Crippen molar-refractivity contribution in [2.45, 2.75) is 6.42 Å². The van der Waals surface area contributed by atoms with Crippen molar-refractivity contribution in [3.63, 3.8) is 0 Å². The maximum absolute atomic E-state index is 9.96.